The maximum atomic E-state index is 12.4. The van der Waals surface area contributed by atoms with Crippen molar-refractivity contribution in [2.75, 3.05) is 14.2 Å². The Morgan fingerprint density at radius 1 is 1.41 bits per heavy atom. The lowest BCUT2D eigenvalue weighted by Crippen LogP contribution is -2.38. The van der Waals surface area contributed by atoms with Crippen molar-refractivity contribution < 1.29 is 22.6 Å². The molecule has 0 aromatic carbocycles. The Balaban J connectivity index is 2.93. The molecule has 5 nitrogen and oxygen atoms in total. The minimum atomic E-state index is -4.46. The molecule has 0 spiro atoms. The molecule has 1 atom stereocenters. The molecule has 0 fully saturated rings. The molecule has 1 aromatic rings. The standard InChI is InChI=1S/C8H12F3N3O2S/c1-15-6(16-2)5(14-12)4-3-13-7(17-4)8(9,10)11/h3,5-6,14H,12H2,1-2H3. The summed E-state index contributed by atoms with van der Waals surface area (Å²) in [5.41, 5.74) is 2.34. The fourth-order valence-corrected chi connectivity index (χ4v) is 2.08. The molecule has 98 valence electrons. The summed E-state index contributed by atoms with van der Waals surface area (Å²) in [7, 11) is 2.73. The van der Waals surface area contributed by atoms with Crippen molar-refractivity contribution in [2.45, 2.75) is 18.5 Å². The van der Waals surface area contributed by atoms with Crippen LogP contribution in [0.4, 0.5) is 13.2 Å². The fourth-order valence-electron chi connectivity index (χ4n) is 1.22. The molecule has 0 bridgehead atoms. The molecule has 17 heavy (non-hydrogen) atoms. The first-order valence-corrected chi connectivity index (χ1v) is 5.30. The average molecular weight is 271 g/mol. The number of nitrogens with one attached hydrogen (secondary N) is 1. The molecule has 0 aliphatic rings. The highest BCUT2D eigenvalue weighted by atomic mass is 32.1. The van der Waals surface area contributed by atoms with E-state index in [1.807, 2.05) is 0 Å². The van der Waals surface area contributed by atoms with Crippen LogP contribution >= 0.6 is 11.3 Å². The zero-order valence-corrected chi connectivity index (χ0v) is 9.93. The van der Waals surface area contributed by atoms with Crippen LogP contribution in [0.2, 0.25) is 0 Å². The Labute approximate surface area is 99.7 Å². The van der Waals surface area contributed by atoms with E-state index in [2.05, 4.69) is 10.4 Å². The van der Waals surface area contributed by atoms with E-state index in [9.17, 15) is 13.2 Å². The Morgan fingerprint density at radius 3 is 2.35 bits per heavy atom. The topological polar surface area (TPSA) is 69.4 Å². The van der Waals surface area contributed by atoms with Crippen molar-refractivity contribution in [2.24, 2.45) is 5.84 Å². The fraction of sp³-hybridized carbons (Fsp3) is 0.625. The van der Waals surface area contributed by atoms with Crippen molar-refractivity contribution in [3.63, 3.8) is 0 Å². The van der Waals surface area contributed by atoms with Crippen molar-refractivity contribution in [3.05, 3.63) is 16.1 Å². The van der Waals surface area contributed by atoms with Gasteiger partial charge in [0, 0.05) is 25.3 Å². The number of nitrogens with zero attached hydrogens (tertiary/aromatic N) is 1. The number of hydrogen-bond acceptors (Lipinski definition) is 6. The highest BCUT2D eigenvalue weighted by Gasteiger charge is 2.36. The molecule has 0 saturated carbocycles. The zero-order valence-electron chi connectivity index (χ0n) is 9.12. The number of aromatic nitrogens is 1. The summed E-state index contributed by atoms with van der Waals surface area (Å²) in [4.78, 5) is 3.58. The first kappa shape index (κ1) is 14.3. The van der Waals surface area contributed by atoms with Crippen molar-refractivity contribution in [3.8, 4) is 0 Å². The van der Waals surface area contributed by atoms with Crippen LogP contribution in [0.25, 0.3) is 0 Å². The van der Waals surface area contributed by atoms with E-state index >= 15 is 0 Å². The van der Waals surface area contributed by atoms with Crippen molar-refractivity contribution in [1.82, 2.24) is 10.4 Å². The van der Waals surface area contributed by atoms with E-state index in [1.165, 1.54) is 14.2 Å². The molecule has 0 saturated heterocycles. The lowest BCUT2D eigenvalue weighted by Gasteiger charge is -2.22. The van der Waals surface area contributed by atoms with Gasteiger partial charge in [-0.15, -0.1) is 11.3 Å². The number of methoxy groups -OCH3 is 2. The van der Waals surface area contributed by atoms with Crippen LogP contribution in [0.1, 0.15) is 15.9 Å². The SMILES string of the molecule is COC(OC)C(NN)c1cnc(C(F)(F)F)s1. The normalized spacial score (nSPS) is 14.3. The second-order valence-electron chi connectivity index (χ2n) is 3.05. The summed E-state index contributed by atoms with van der Waals surface area (Å²) in [5, 5.41) is -0.932. The molecule has 1 unspecified atom stereocenters. The van der Waals surface area contributed by atoms with Crippen molar-refractivity contribution in [1.29, 1.82) is 0 Å². The van der Waals surface area contributed by atoms with Gasteiger partial charge in [0.2, 0.25) is 0 Å². The van der Waals surface area contributed by atoms with Crippen LogP contribution < -0.4 is 11.3 Å². The maximum Gasteiger partial charge on any atom is 0.443 e. The second-order valence-corrected chi connectivity index (χ2v) is 4.11. The molecule has 1 heterocycles. The molecule has 1 aromatic heterocycles. The van der Waals surface area contributed by atoms with Gasteiger partial charge in [0.1, 0.15) is 6.04 Å². The van der Waals surface area contributed by atoms with E-state index < -0.39 is 23.5 Å². The molecule has 0 amide bonds. The molecule has 0 aliphatic carbocycles. The second kappa shape index (κ2) is 5.74. The largest absolute Gasteiger partial charge is 0.443 e. The smallest absolute Gasteiger partial charge is 0.354 e. The van der Waals surface area contributed by atoms with E-state index in [0.717, 1.165) is 6.20 Å². The van der Waals surface area contributed by atoms with Gasteiger partial charge in [-0.2, -0.15) is 13.2 Å². The molecule has 9 heteroatoms. The summed E-state index contributed by atoms with van der Waals surface area (Å²) in [5.74, 6) is 5.26. The van der Waals surface area contributed by atoms with Gasteiger partial charge in [-0.25, -0.2) is 10.4 Å². The maximum absolute atomic E-state index is 12.4. The van der Waals surface area contributed by atoms with Crippen LogP contribution in [0.15, 0.2) is 6.20 Å². The number of alkyl halides is 3. The third-order valence-electron chi connectivity index (χ3n) is 1.99. The van der Waals surface area contributed by atoms with E-state index in [0.29, 0.717) is 11.3 Å². The number of hydrazine groups is 1. The number of rotatable bonds is 5. The van der Waals surface area contributed by atoms with E-state index in [1.54, 1.807) is 0 Å². The third-order valence-corrected chi connectivity index (χ3v) is 3.11. The molecule has 0 aliphatic heterocycles. The molecular formula is C8H12F3N3O2S. The minimum Gasteiger partial charge on any atom is -0.354 e. The zero-order chi connectivity index (χ0) is 13.1. The van der Waals surface area contributed by atoms with Gasteiger partial charge in [-0.1, -0.05) is 0 Å². The molecular weight excluding hydrogens is 259 g/mol. The van der Waals surface area contributed by atoms with E-state index in [4.69, 9.17) is 15.3 Å². The monoisotopic (exact) mass is 271 g/mol. The summed E-state index contributed by atoms with van der Waals surface area (Å²) >= 11 is 0.493. The van der Waals surface area contributed by atoms with Gasteiger partial charge >= 0.3 is 6.18 Å². The highest BCUT2D eigenvalue weighted by molar-refractivity contribution is 7.11. The summed E-state index contributed by atoms with van der Waals surface area (Å²) < 4.78 is 47.0. The van der Waals surface area contributed by atoms with Crippen LogP contribution in [-0.4, -0.2) is 25.5 Å². The number of ether oxygens (including phenoxy) is 2. The van der Waals surface area contributed by atoms with Gasteiger partial charge in [0.05, 0.1) is 0 Å². The van der Waals surface area contributed by atoms with Crippen LogP contribution in [0.3, 0.4) is 0 Å². The van der Waals surface area contributed by atoms with Gasteiger partial charge < -0.3 is 9.47 Å². The Bertz CT molecular complexity index is 354. The number of hydrogen-bond donors (Lipinski definition) is 2. The van der Waals surface area contributed by atoms with Gasteiger partial charge in [-0.05, 0) is 0 Å². The Hall–Kier alpha value is -0.740. The summed E-state index contributed by atoms with van der Waals surface area (Å²) in [6, 6.07) is -0.710. The van der Waals surface area contributed by atoms with Gasteiger partial charge in [-0.3, -0.25) is 5.84 Å². The average Bonchev–Trinajstić information content (AvgIpc) is 2.74. The quantitative estimate of drug-likeness (QED) is 0.480. The first-order valence-electron chi connectivity index (χ1n) is 4.48. The highest BCUT2D eigenvalue weighted by Crippen LogP contribution is 2.35. The Morgan fingerprint density at radius 2 is 2.00 bits per heavy atom. The number of nitrogens with two attached hydrogens (primary N) is 1. The predicted molar refractivity (Wildman–Crippen MR) is 55.0 cm³/mol. The summed E-state index contributed by atoms with van der Waals surface area (Å²) in [6.07, 6.45) is -4.15. The lowest BCUT2D eigenvalue weighted by molar-refractivity contribution is -0.137. The third kappa shape index (κ3) is 3.36. The minimum absolute atomic E-state index is 0.286. The van der Waals surface area contributed by atoms with Gasteiger partial charge in [0.15, 0.2) is 11.3 Å². The van der Waals surface area contributed by atoms with Crippen LogP contribution in [0, 0.1) is 0 Å². The predicted octanol–water partition coefficient (Wildman–Crippen LogP) is 1.29. The molecule has 0 radical (unpaired) electrons. The van der Waals surface area contributed by atoms with Gasteiger partial charge in [0.25, 0.3) is 0 Å². The number of halogens is 3. The lowest BCUT2D eigenvalue weighted by atomic mass is 10.2. The number of thiazole rings is 1. The van der Waals surface area contributed by atoms with Crippen LogP contribution in [-0.2, 0) is 15.7 Å². The first-order chi connectivity index (χ1) is 7.93. The summed E-state index contributed by atoms with van der Waals surface area (Å²) in [6.45, 7) is 0. The Kier molecular flexibility index (Phi) is 4.83. The molecule has 1 rings (SSSR count). The van der Waals surface area contributed by atoms with Crippen molar-refractivity contribution >= 4 is 11.3 Å². The van der Waals surface area contributed by atoms with Crippen LogP contribution in [0.5, 0.6) is 0 Å². The molecule has 3 N–H and O–H groups in total. The van der Waals surface area contributed by atoms with E-state index in [-0.39, 0.29) is 4.88 Å².